The molecule has 5 nitrogen and oxygen atoms in total. The molecular weight excluding hydrogens is 384 g/mol. The van der Waals surface area contributed by atoms with Gasteiger partial charge in [0.05, 0.1) is 4.91 Å². The highest BCUT2D eigenvalue weighted by Crippen LogP contribution is 2.32. The number of thioether (sulfide) groups is 1. The highest BCUT2D eigenvalue weighted by Gasteiger charge is 2.36. The van der Waals surface area contributed by atoms with Crippen molar-refractivity contribution < 1.29 is 14.4 Å². The van der Waals surface area contributed by atoms with E-state index in [1.165, 1.54) is 5.56 Å². The lowest BCUT2D eigenvalue weighted by Crippen LogP contribution is -2.36. The smallest absolute Gasteiger partial charge is 0.294 e. The summed E-state index contributed by atoms with van der Waals surface area (Å²) in [6, 6.07) is 13.5. The summed E-state index contributed by atoms with van der Waals surface area (Å²) in [5.74, 6) is -0.423. The molecule has 2 aromatic rings. The Bertz CT molecular complexity index is 994. The number of rotatable bonds is 5. The van der Waals surface area contributed by atoms with Gasteiger partial charge in [-0.25, -0.2) is 0 Å². The number of anilines is 1. The molecule has 0 spiro atoms. The van der Waals surface area contributed by atoms with Crippen molar-refractivity contribution in [3.05, 3.63) is 69.6 Å². The molecular formula is C23H24N2O3S. The summed E-state index contributed by atoms with van der Waals surface area (Å²) in [6.45, 7) is 7.87. The van der Waals surface area contributed by atoms with Gasteiger partial charge in [-0.2, -0.15) is 0 Å². The van der Waals surface area contributed by atoms with E-state index < -0.39 is 17.1 Å². The molecule has 1 N–H and O–H groups in total. The normalized spacial score (nSPS) is 15.5. The number of benzene rings is 2. The number of aryl methyl sites for hydroxylation is 2. The molecule has 0 aromatic heterocycles. The molecule has 1 fully saturated rings. The summed E-state index contributed by atoms with van der Waals surface area (Å²) in [5.41, 5.74) is 4.88. The van der Waals surface area contributed by atoms with Gasteiger partial charge in [0, 0.05) is 5.69 Å². The van der Waals surface area contributed by atoms with Crippen LogP contribution in [0.2, 0.25) is 0 Å². The molecule has 0 aliphatic carbocycles. The molecule has 2 aromatic carbocycles. The van der Waals surface area contributed by atoms with Crippen LogP contribution in [0, 0.1) is 13.8 Å². The van der Waals surface area contributed by atoms with Crippen LogP contribution < -0.4 is 5.32 Å². The van der Waals surface area contributed by atoms with Gasteiger partial charge < -0.3 is 5.32 Å². The molecule has 1 heterocycles. The van der Waals surface area contributed by atoms with E-state index in [1.807, 2.05) is 50.2 Å². The van der Waals surface area contributed by atoms with Crippen LogP contribution in [-0.4, -0.2) is 28.5 Å². The van der Waals surface area contributed by atoms with E-state index in [4.69, 9.17) is 0 Å². The van der Waals surface area contributed by atoms with Gasteiger partial charge in [-0.05, 0) is 72.0 Å². The minimum absolute atomic E-state index is 0.304. The van der Waals surface area contributed by atoms with Crippen LogP contribution in [0.25, 0.3) is 6.08 Å². The monoisotopic (exact) mass is 408 g/mol. The lowest BCUT2D eigenvalue weighted by molar-refractivity contribution is -0.127. The van der Waals surface area contributed by atoms with Crippen molar-refractivity contribution in [2.24, 2.45) is 0 Å². The average molecular weight is 409 g/mol. The summed E-state index contributed by atoms with van der Waals surface area (Å²) in [4.78, 5) is 38.5. The van der Waals surface area contributed by atoms with E-state index in [0.717, 1.165) is 33.4 Å². The molecule has 3 rings (SSSR count). The standard InChI is InChI=1S/C23H24N2O3S/c1-14(2)18-8-6-17(7-9-18)12-20-22(27)25(23(28)29-20)13-21(26)24-19-10-5-15(3)16(4)11-19/h5-12,14H,13H2,1-4H3,(H,24,26)/b20-12+. The SMILES string of the molecule is Cc1ccc(NC(=O)CN2C(=O)S/C(=C/c3ccc(C(C)C)cc3)C2=O)cc1C. The van der Waals surface area contributed by atoms with Gasteiger partial charge in [0.2, 0.25) is 5.91 Å². The van der Waals surface area contributed by atoms with Crippen molar-refractivity contribution in [1.29, 1.82) is 0 Å². The third kappa shape index (κ3) is 4.95. The number of nitrogens with one attached hydrogen (secondary N) is 1. The van der Waals surface area contributed by atoms with Gasteiger partial charge in [-0.15, -0.1) is 0 Å². The number of nitrogens with zero attached hydrogens (tertiary/aromatic N) is 1. The number of carbonyl (C=O) groups excluding carboxylic acids is 3. The molecule has 0 radical (unpaired) electrons. The molecule has 0 saturated carbocycles. The first kappa shape index (κ1) is 20.9. The third-order valence-corrected chi connectivity index (χ3v) is 5.77. The Labute approximate surface area is 175 Å². The van der Waals surface area contributed by atoms with Crippen LogP contribution in [0.1, 0.15) is 42.0 Å². The summed E-state index contributed by atoms with van der Waals surface area (Å²) >= 11 is 0.858. The van der Waals surface area contributed by atoms with Crippen LogP contribution in [0.5, 0.6) is 0 Å². The van der Waals surface area contributed by atoms with Crippen molar-refractivity contribution in [2.75, 3.05) is 11.9 Å². The Kier molecular flexibility index (Phi) is 6.23. The van der Waals surface area contributed by atoms with Gasteiger partial charge in [0.15, 0.2) is 0 Å². The largest absolute Gasteiger partial charge is 0.325 e. The van der Waals surface area contributed by atoms with E-state index in [-0.39, 0.29) is 6.54 Å². The molecule has 1 aliphatic heterocycles. The Hall–Kier alpha value is -2.86. The molecule has 0 unspecified atom stereocenters. The first-order valence-electron chi connectivity index (χ1n) is 9.47. The predicted octanol–water partition coefficient (Wildman–Crippen LogP) is 5.10. The number of hydrogen-bond acceptors (Lipinski definition) is 4. The molecule has 29 heavy (non-hydrogen) atoms. The van der Waals surface area contributed by atoms with Crippen LogP contribution in [0.4, 0.5) is 10.5 Å². The Morgan fingerprint density at radius 3 is 2.38 bits per heavy atom. The van der Waals surface area contributed by atoms with Gasteiger partial charge in [-0.3, -0.25) is 19.3 Å². The molecule has 3 amide bonds. The molecule has 6 heteroatoms. The van der Waals surface area contributed by atoms with Gasteiger partial charge in [0.1, 0.15) is 6.54 Å². The second-order valence-corrected chi connectivity index (χ2v) is 8.43. The second kappa shape index (κ2) is 8.66. The van der Waals surface area contributed by atoms with E-state index >= 15 is 0 Å². The minimum Gasteiger partial charge on any atom is -0.325 e. The van der Waals surface area contributed by atoms with Crippen LogP contribution in [0.15, 0.2) is 47.4 Å². The van der Waals surface area contributed by atoms with Crippen molar-refractivity contribution in [1.82, 2.24) is 4.90 Å². The van der Waals surface area contributed by atoms with Crippen LogP contribution in [0.3, 0.4) is 0 Å². The predicted molar refractivity (Wildman–Crippen MR) is 118 cm³/mol. The van der Waals surface area contributed by atoms with Crippen molar-refractivity contribution >= 4 is 40.6 Å². The van der Waals surface area contributed by atoms with E-state index in [1.54, 1.807) is 12.1 Å². The molecule has 0 atom stereocenters. The molecule has 1 aliphatic rings. The maximum absolute atomic E-state index is 12.6. The first-order valence-corrected chi connectivity index (χ1v) is 10.3. The molecule has 0 bridgehead atoms. The quantitative estimate of drug-likeness (QED) is 0.699. The van der Waals surface area contributed by atoms with Crippen molar-refractivity contribution in [3.8, 4) is 0 Å². The fraction of sp³-hybridized carbons (Fsp3) is 0.261. The highest BCUT2D eigenvalue weighted by molar-refractivity contribution is 8.18. The van der Waals surface area contributed by atoms with E-state index in [2.05, 4.69) is 19.2 Å². The number of amides is 3. The molecule has 1 saturated heterocycles. The molecule has 150 valence electrons. The van der Waals surface area contributed by atoms with Gasteiger partial charge in [0.25, 0.3) is 11.1 Å². The van der Waals surface area contributed by atoms with Crippen molar-refractivity contribution in [2.45, 2.75) is 33.6 Å². The number of carbonyl (C=O) groups is 3. The maximum atomic E-state index is 12.6. The van der Waals surface area contributed by atoms with E-state index in [0.29, 0.717) is 16.5 Å². The lowest BCUT2D eigenvalue weighted by atomic mass is 10.0. The fourth-order valence-electron chi connectivity index (χ4n) is 2.93. The Balaban J connectivity index is 1.68. The minimum atomic E-state index is -0.442. The summed E-state index contributed by atoms with van der Waals surface area (Å²) in [7, 11) is 0. The van der Waals surface area contributed by atoms with Gasteiger partial charge >= 0.3 is 0 Å². The van der Waals surface area contributed by atoms with Gasteiger partial charge in [-0.1, -0.05) is 44.2 Å². The second-order valence-electron chi connectivity index (χ2n) is 7.44. The third-order valence-electron chi connectivity index (χ3n) is 4.87. The fourth-order valence-corrected chi connectivity index (χ4v) is 3.77. The zero-order valence-corrected chi connectivity index (χ0v) is 17.8. The lowest BCUT2D eigenvalue weighted by Gasteiger charge is -2.13. The summed E-state index contributed by atoms with van der Waals surface area (Å²) < 4.78 is 0. The van der Waals surface area contributed by atoms with Crippen molar-refractivity contribution in [3.63, 3.8) is 0 Å². The summed E-state index contributed by atoms with van der Waals surface area (Å²) in [5, 5.41) is 2.31. The zero-order valence-electron chi connectivity index (χ0n) is 17.0. The van der Waals surface area contributed by atoms with Crippen LogP contribution >= 0.6 is 11.8 Å². The highest BCUT2D eigenvalue weighted by atomic mass is 32.2. The van der Waals surface area contributed by atoms with E-state index in [9.17, 15) is 14.4 Å². The van der Waals surface area contributed by atoms with Crippen LogP contribution in [-0.2, 0) is 9.59 Å². The average Bonchev–Trinajstić information content (AvgIpc) is 2.92. The Morgan fingerprint density at radius 1 is 1.07 bits per heavy atom. The summed E-state index contributed by atoms with van der Waals surface area (Å²) in [6.07, 6.45) is 1.69. The zero-order chi connectivity index (χ0) is 21.1. The number of hydrogen-bond donors (Lipinski definition) is 1. The number of imide groups is 1. The topological polar surface area (TPSA) is 66.5 Å². The Morgan fingerprint density at radius 2 is 1.76 bits per heavy atom. The maximum Gasteiger partial charge on any atom is 0.294 e. The first-order chi connectivity index (χ1) is 13.7.